The molecule has 82 valence electrons. The maximum Gasteiger partial charge on any atom is 0.239 e. The number of nitrogens with zero attached hydrogens (tertiary/aromatic N) is 3. The third kappa shape index (κ3) is 1.56. The number of aryl methyl sites for hydroxylation is 1. The van der Waals surface area contributed by atoms with Gasteiger partial charge < -0.3 is 5.73 Å². The minimum Gasteiger partial charge on any atom is -0.366 e. The molecule has 1 aliphatic rings. The lowest BCUT2D eigenvalue weighted by Gasteiger charge is -2.22. The van der Waals surface area contributed by atoms with Gasteiger partial charge in [0, 0.05) is 13.0 Å². The Bertz CT molecular complexity index is 489. The van der Waals surface area contributed by atoms with Crippen molar-refractivity contribution < 1.29 is 0 Å². The summed E-state index contributed by atoms with van der Waals surface area (Å²) in [7, 11) is 0. The quantitative estimate of drug-likeness (QED) is 0.784. The Hall–Kier alpha value is -1.84. The summed E-state index contributed by atoms with van der Waals surface area (Å²) in [5.74, 6) is 1.96. The molecule has 1 unspecified atom stereocenters. The minimum absolute atomic E-state index is 0.392. The van der Waals surface area contributed by atoms with Crippen LogP contribution in [0.25, 0.3) is 0 Å². The van der Waals surface area contributed by atoms with Crippen LogP contribution in [0.1, 0.15) is 23.7 Å². The highest BCUT2D eigenvalue weighted by Gasteiger charge is 2.22. The second-order valence-electron chi connectivity index (χ2n) is 4.21. The Kier molecular flexibility index (Phi) is 2.13. The fourth-order valence-electron chi connectivity index (χ4n) is 2.33. The summed E-state index contributed by atoms with van der Waals surface area (Å²) in [6.07, 6.45) is 2.05. The molecule has 1 aliphatic heterocycles. The molecule has 0 radical (unpaired) electrons. The van der Waals surface area contributed by atoms with Crippen LogP contribution in [0.15, 0.2) is 30.3 Å². The monoisotopic (exact) mass is 214 g/mol. The molecule has 0 bridgehead atoms. The standard InChI is InChI=1S/C12H14N4/c13-12-14-11-8-10(6-7-16(11)15-12)9-4-2-1-3-5-9/h1-5,10H,6-8H2,(H2,13,15). The summed E-state index contributed by atoms with van der Waals surface area (Å²) < 4.78 is 1.93. The molecule has 0 saturated carbocycles. The van der Waals surface area contributed by atoms with E-state index in [4.69, 9.17) is 5.73 Å². The van der Waals surface area contributed by atoms with E-state index in [-0.39, 0.29) is 0 Å². The summed E-state index contributed by atoms with van der Waals surface area (Å²) >= 11 is 0. The van der Waals surface area contributed by atoms with Crippen molar-refractivity contribution in [2.75, 3.05) is 5.73 Å². The number of nitrogens with two attached hydrogens (primary N) is 1. The van der Waals surface area contributed by atoms with Gasteiger partial charge in [0.05, 0.1) is 0 Å². The number of hydrogen-bond donors (Lipinski definition) is 1. The summed E-state index contributed by atoms with van der Waals surface area (Å²) in [5.41, 5.74) is 6.98. The summed E-state index contributed by atoms with van der Waals surface area (Å²) in [4.78, 5) is 4.26. The van der Waals surface area contributed by atoms with E-state index in [0.29, 0.717) is 11.9 Å². The second-order valence-corrected chi connectivity index (χ2v) is 4.21. The van der Waals surface area contributed by atoms with E-state index >= 15 is 0 Å². The van der Waals surface area contributed by atoms with Crippen LogP contribution in [0, 0.1) is 0 Å². The second kappa shape index (κ2) is 3.63. The maximum absolute atomic E-state index is 5.60. The third-order valence-corrected chi connectivity index (χ3v) is 3.15. The van der Waals surface area contributed by atoms with Gasteiger partial charge in [0.25, 0.3) is 0 Å². The lowest BCUT2D eigenvalue weighted by Crippen LogP contribution is -2.19. The molecule has 0 aliphatic carbocycles. The zero-order valence-corrected chi connectivity index (χ0v) is 9.00. The van der Waals surface area contributed by atoms with Crippen molar-refractivity contribution in [1.82, 2.24) is 14.8 Å². The van der Waals surface area contributed by atoms with E-state index in [2.05, 4.69) is 34.3 Å². The Morgan fingerprint density at radius 1 is 1.25 bits per heavy atom. The van der Waals surface area contributed by atoms with Crippen molar-refractivity contribution in [1.29, 1.82) is 0 Å². The van der Waals surface area contributed by atoms with Gasteiger partial charge in [0.1, 0.15) is 5.82 Å². The van der Waals surface area contributed by atoms with E-state index in [1.54, 1.807) is 0 Å². The Labute approximate surface area is 94.1 Å². The number of aromatic nitrogens is 3. The van der Waals surface area contributed by atoms with E-state index in [0.717, 1.165) is 25.2 Å². The van der Waals surface area contributed by atoms with Gasteiger partial charge in [0.15, 0.2) is 0 Å². The van der Waals surface area contributed by atoms with E-state index in [9.17, 15) is 0 Å². The normalized spacial score (nSPS) is 19.4. The smallest absolute Gasteiger partial charge is 0.239 e. The molecule has 0 saturated heterocycles. The number of rotatable bonds is 1. The Balaban J connectivity index is 1.88. The predicted octanol–water partition coefficient (Wildman–Crippen LogP) is 1.59. The zero-order valence-electron chi connectivity index (χ0n) is 9.00. The van der Waals surface area contributed by atoms with Crippen LogP contribution in [0.3, 0.4) is 0 Å². The van der Waals surface area contributed by atoms with E-state index in [1.165, 1.54) is 5.56 Å². The highest BCUT2D eigenvalue weighted by molar-refractivity contribution is 5.23. The molecule has 1 atom stereocenters. The molecule has 2 N–H and O–H groups in total. The molecule has 3 rings (SSSR count). The highest BCUT2D eigenvalue weighted by atomic mass is 15.4. The molecule has 0 fully saturated rings. The first-order valence-electron chi connectivity index (χ1n) is 5.57. The van der Waals surface area contributed by atoms with Crippen molar-refractivity contribution in [3.63, 3.8) is 0 Å². The van der Waals surface area contributed by atoms with Crippen LogP contribution in [0.5, 0.6) is 0 Å². The summed E-state index contributed by atoms with van der Waals surface area (Å²) in [6.45, 7) is 0.916. The maximum atomic E-state index is 5.60. The molecule has 16 heavy (non-hydrogen) atoms. The lowest BCUT2D eigenvalue weighted by atomic mass is 9.90. The van der Waals surface area contributed by atoms with Crippen LogP contribution >= 0.6 is 0 Å². The fraction of sp³-hybridized carbons (Fsp3) is 0.333. The SMILES string of the molecule is Nc1nc2n(n1)CCC(c1ccccc1)C2. The molecule has 2 aromatic rings. The van der Waals surface area contributed by atoms with Crippen LogP contribution in [-0.2, 0) is 13.0 Å². The zero-order chi connectivity index (χ0) is 11.0. The molecule has 4 nitrogen and oxygen atoms in total. The highest BCUT2D eigenvalue weighted by Crippen LogP contribution is 2.28. The summed E-state index contributed by atoms with van der Waals surface area (Å²) in [5, 5.41) is 4.16. The molecule has 4 heteroatoms. The molecule has 0 amide bonds. The molecule has 0 spiro atoms. The van der Waals surface area contributed by atoms with Crippen LogP contribution < -0.4 is 5.73 Å². The average molecular weight is 214 g/mol. The van der Waals surface area contributed by atoms with Crippen molar-refractivity contribution >= 4 is 5.95 Å². The third-order valence-electron chi connectivity index (χ3n) is 3.15. The topological polar surface area (TPSA) is 56.7 Å². The van der Waals surface area contributed by atoms with Gasteiger partial charge >= 0.3 is 0 Å². The predicted molar refractivity (Wildman–Crippen MR) is 61.9 cm³/mol. The Morgan fingerprint density at radius 2 is 2.06 bits per heavy atom. The van der Waals surface area contributed by atoms with Crippen molar-refractivity contribution in [3.05, 3.63) is 41.7 Å². The first-order valence-corrected chi connectivity index (χ1v) is 5.57. The molecular formula is C12H14N4. The molecule has 1 aromatic heterocycles. The largest absolute Gasteiger partial charge is 0.366 e. The number of hydrogen-bond acceptors (Lipinski definition) is 3. The van der Waals surface area contributed by atoms with E-state index in [1.807, 2.05) is 10.7 Å². The molecule has 2 heterocycles. The van der Waals surface area contributed by atoms with Crippen molar-refractivity contribution in [3.8, 4) is 0 Å². The lowest BCUT2D eigenvalue weighted by molar-refractivity contribution is 0.434. The van der Waals surface area contributed by atoms with Gasteiger partial charge in [0.2, 0.25) is 5.95 Å². The fourth-order valence-corrected chi connectivity index (χ4v) is 2.33. The summed E-state index contributed by atoms with van der Waals surface area (Å²) in [6, 6.07) is 10.6. The van der Waals surface area contributed by atoms with Gasteiger partial charge in [-0.05, 0) is 17.9 Å². The number of benzene rings is 1. The number of fused-ring (bicyclic) bond motifs is 1. The number of nitrogen functional groups attached to an aromatic ring is 1. The van der Waals surface area contributed by atoms with Gasteiger partial charge in [-0.15, -0.1) is 5.10 Å². The van der Waals surface area contributed by atoms with Crippen LogP contribution in [-0.4, -0.2) is 14.8 Å². The van der Waals surface area contributed by atoms with E-state index < -0.39 is 0 Å². The molecule has 1 aromatic carbocycles. The van der Waals surface area contributed by atoms with Crippen molar-refractivity contribution in [2.24, 2.45) is 0 Å². The van der Waals surface area contributed by atoms with Crippen molar-refractivity contribution in [2.45, 2.75) is 25.3 Å². The van der Waals surface area contributed by atoms with Crippen LogP contribution in [0.4, 0.5) is 5.95 Å². The molecular weight excluding hydrogens is 200 g/mol. The average Bonchev–Trinajstić information content (AvgIpc) is 2.69. The van der Waals surface area contributed by atoms with Gasteiger partial charge in [-0.3, -0.25) is 0 Å². The minimum atomic E-state index is 0.392. The Morgan fingerprint density at radius 3 is 2.88 bits per heavy atom. The van der Waals surface area contributed by atoms with Gasteiger partial charge in [-0.1, -0.05) is 30.3 Å². The van der Waals surface area contributed by atoms with Gasteiger partial charge in [-0.25, -0.2) is 4.68 Å². The first kappa shape index (κ1) is 9.39. The number of anilines is 1. The first-order chi connectivity index (χ1) is 7.83. The van der Waals surface area contributed by atoms with Crippen LogP contribution in [0.2, 0.25) is 0 Å². The van der Waals surface area contributed by atoms with Gasteiger partial charge in [-0.2, -0.15) is 4.98 Å².